The van der Waals surface area contributed by atoms with E-state index in [-0.39, 0.29) is 5.41 Å². The van der Waals surface area contributed by atoms with Crippen LogP contribution in [0.4, 0.5) is 0 Å². The molecule has 8 saturated carbocycles. The minimum atomic E-state index is -0.504. The van der Waals surface area contributed by atoms with Gasteiger partial charge in [-0.15, -0.1) is 0 Å². The Morgan fingerprint density at radius 1 is 1.50 bits per heavy atom. The predicted octanol–water partition coefficient (Wildman–Crippen LogP) is 0.165. The molecule has 0 saturated heterocycles. The first kappa shape index (κ1) is 5.61. The molecule has 2 heteroatoms. The Bertz CT molecular complexity index is 324. The van der Waals surface area contributed by atoms with E-state index in [0.717, 1.165) is 29.1 Å². The molecule has 64 valence electrons. The van der Waals surface area contributed by atoms with Crippen LogP contribution in [0, 0.1) is 39.9 Å². The van der Waals surface area contributed by atoms with E-state index in [1.165, 1.54) is 6.42 Å². The molecular weight excluding hydrogens is 150 g/mol. The van der Waals surface area contributed by atoms with Crippen molar-refractivity contribution in [2.45, 2.75) is 19.6 Å². The molecule has 0 aliphatic heterocycles. The highest BCUT2D eigenvalue weighted by molar-refractivity contribution is 5.62. The first-order valence-electron chi connectivity index (χ1n) is 5.08. The molecule has 0 aromatic heterocycles. The average molecular weight is 163 g/mol. The molecule has 8 aliphatic rings. The topological polar surface area (TPSA) is 46.2 Å². The van der Waals surface area contributed by atoms with E-state index in [1.54, 1.807) is 0 Å². The number of aliphatic hydroxyl groups excluding tert-OH is 1. The maximum atomic E-state index is 9.56. The molecule has 8 aliphatic carbocycles. The van der Waals surface area contributed by atoms with Crippen LogP contribution in [0.3, 0.4) is 0 Å². The molecule has 3 N–H and O–H groups in total. The van der Waals surface area contributed by atoms with Crippen LogP contribution >= 0.6 is 0 Å². The molecule has 0 heterocycles. The molecule has 0 amide bonds. The summed E-state index contributed by atoms with van der Waals surface area (Å²) >= 11 is 0. The SMILES string of the molecule is CC12C3CC4(C(N)O)C5C1C34C52. The third-order valence-electron chi connectivity index (χ3n) is 6.89. The number of nitrogens with two attached hydrogens (primary N) is 1. The van der Waals surface area contributed by atoms with E-state index in [9.17, 15) is 5.11 Å². The molecule has 5 unspecified atom stereocenters. The third kappa shape index (κ3) is 0.161. The monoisotopic (exact) mass is 163 g/mol. The summed E-state index contributed by atoms with van der Waals surface area (Å²) in [6.07, 6.45) is 0.745. The molecule has 5 bridgehead atoms. The van der Waals surface area contributed by atoms with Gasteiger partial charge >= 0.3 is 0 Å². The minimum absolute atomic E-state index is 0.255. The molecule has 0 aromatic rings. The summed E-state index contributed by atoms with van der Waals surface area (Å²) < 4.78 is 0. The van der Waals surface area contributed by atoms with Gasteiger partial charge in [-0.25, -0.2) is 0 Å². The summed E-state index contributed by atoms with van der Waals surface area (Å²) in [4.78, 5) is 0. The smallest absolute Gasteiger partial charge is 0.108 e. The van der Waals surface area contributed by atoms with Gasteiger partial charge in [-0.3, -0.25) is 0 Å². The Kier molecular flexibility index (Phi) is 0.437. The summed E-state index contributed by atoms with van der Waals surface area (Å²) in [7, 11) is 0. The maximum absolute atomic E-state index is 9.56. The van der Waals surface area contributed by atoms with Gasteiger partial charge in [-0.05, 0) is 40.9 Å². The van der Waals surface area contributed by atoms with Gasteiger partial charge in [0.1, 0.15) is 6.23 Å². The van der Waals surface area contributed by atoms with Crippen molar-refractivity contribution in [2.75, 3.05) is 0 Å². The van der Waals surface area contributed by atoms with E-state index < -0.39 is 6.23 Å². The van der Waals surface area contributed by atoms with Gasteiger partial charge in [-0.1, -0.05) is 6.92 Å². The van der Waals surface area contributed by atoms with Crippen molar-refractivity contribution < 1.29 is 5.11 Å². The quantitative estimate of drug-likeness (QED) is 0.541. The Hall–Kier alpha value is -0.0800. The molecule has 8 rings (SSSR count). The molecule has 5 atom stereocenters. The maximum Gasteiger partial charge on any atom is 0.108 e. The molecular formula is C10H13NO. The summed E-state index contributed by atoms with van der Waals surface area (Å²) in [5.41, 5.74) is 7.31. The number of hydrogen-bond acceptors (Lipinski definition) is 2. The lowest BCUT2D eigenvalue weighted by atomic mass is 8.84. The lowest BCUT2D eigenvalue weighted by Gasteiger charge is -3.19. The van der Waals surface area contributed by atoms with Crippen LogP contribution in [-0.2, 0) is 0 Å². The van der Waals surface area contributed by atoms with Crippen molar-refractivity contribution in [3.05, 3.63) is 0 Å². The zero-order valence-corrected chi connectivity index (χ0v) is 7.12. The average Bonchev–Trinajstić information content (AvgIpc) is 1.89. The van der Waals surface area contributed by atoms with Gasteiger partial charge in [0.2, 0.25) is 0 Å². The zero-order valence-electron chi connectivity index (χ0n) is 7.12. The summed E-state index contributed by atoms with van der Waals surface area (Å²) in [6.45, 7) is 2.46. The lowest BCUT2D eigenvalue weighted by Crippen LogP contribution is -3.17. The van der Waals surface area contributed by atoms with Crippen molar-refractivity contribution in [2.24, 2.45) is 45.7 Å². The van der Waals surface area contributed by atoms with Gasteiger partial charge in [0.25, 0.3) is 0 Å². The fraction of sp³-hybridized carbons (Fsp3) is 1.00. The molecule has 0 aromatic carbocycles. The van der Waals surface area contributed by atoms with Crippen molar-refractivity contribution in [3.8, 4) is 0 Å². The van der Waals surface area contributed by atoms with Crippen LogP contribution in [0.1, 0.15) is 13.3 Å². The lowest BCUT2D eigenvalue weighted by molar-refractivity contribution is -0.737. The fourth-order valence-corrected chi connectivity index (χ4v) is 6.91. The summed E-state index contributed by atoms with van der Waals surface area (Å²) in [6, 6.07) is 0. The number of rotatable bonds is 1. The predicted molar refractivity (Wildman–Crippen MR) is 41.7 cm³/mol. The molecule has 2 nitrogen and oxygen atoms in total. The Balaban J connectivity index is 1.72. The van der Waals surface area contributed by atoms with Gasteiger partial charge in [0, 0.05) is 5.41 Å². The normalized spacial score (nSPS) is 91.2. The molecule has 0 radical (unpaired) electrons. The van der Waals surface area contributed by atoms with Gasteiger partial charge in [-0.2, -0.15) is 0 Å². The van der Waals surface area contributed by atoms with Crippen molar-refractivity contribution in [1.82, 2.24) is 0 Å². The number of hydrogen-bond donors (Lipinski definition) is 2. The first-order chi connectivity index (χ1) is 5.64. The van der Waals surface area contributed by atoms with Crippen LogP contribution < -0.4 is 5.73 Å². The van der Waals surface area contributed by atoms with Crippen LogP contribution in [0.5, 0.6) is 0 Å². The molecule has 8 fully saturated rings. The highest BCUT2D eigenvalue weighted by atomic mass is 16.3. The minimum Gasteiger partial charge on any atom is -0.378 e. The molecule has 1 spiro atoms. The van der Waals surface area contributed by atoms with Crippen molar-refractivity contribution in [3.63, 3.8) is 0 Å². The van der Waals surface area contributed by atoms with Gasteiger partial charge in [0.15, 0.2) is 0 Å². The van der Waals surface area contributed by atoms with E-state index in [1.807, 2.05) is 0 Å². The van der Waals surface area contributed by atoms with Crippen LogP contribution in [-0.4, -0.2) is 11.3 Å². The second-order valence-corrected chi connectivity index (χ2v) is 6.02. The summed E-state index contributed by atoms with van der Waals surface area (Å²) in [5.74, 6) is 3.84. The highest BCUT2D eigenvalue weighted by Crippen LogP contribution is 3.18. The highest BCUT2D eigenvalue weighted by Gasteiger charge is 3.16. The Labute approximate surface area is 71.1 Å². The van der Waals surface area contributed by atoms with E-state index in [4.69, 9.17) is 5.73 Å². The summed E-state index contributed by atoms with van der Waals surface area (Å²) in [5, 5.41) is 9.56. The van der Waals surface area contributed by atoms with E-state index in [0.29, 0.717) is 5.41 Å². The van der Waals surface area contributed by atoms with Gasteiger partial charge in [0.05, 0.1) is 0 Å². The zero-order chi connectivity index (χ0) is 8.09. The van der Waals surface area contributed by atoms with Gasteiger partial charge < -0.3 is 10.8 Å². The van der Waals surface area contributed by atoms with Crippen LogP contribution in [0.15, 0.2) is 0 Å². The Morgan fingerprint density at radius 3 is 2.50 bits per heavy atom. The first-order valence-corrected chi connectivity index (χ1v) is 5.08. The second kappa shape index (κ2) is 0.934. The van der Waals surface area contributed by atoms with E-state index >= 15 is 0 Å². The second-order valence-electron chi connectivity index (χ2n) is 6.02. The third-order valence-corrected chi connectivity index (χ3v) is 6.89. The fourth-order valence-electron chi connectivity index (χ4n) is 6.91. The van der Waals surface area contributed by atoms with Crippen LogP contribution in [0.2, 0.25) is 0 Å². The van der Waals surface area contributed by atoms with E-state index in [2.05, 4.69) is 6.92 Å². The molecule has 12 heavy (non-hydrogen) atoms. The standard InChI is InChI=1S/C10H13NO/c1-8-3-2-9(7(11)12)4-5(8)10(3,9)6(4)8/h3-7,12H,2,11H2,1H3. The largest absolute Gasteiger partial charge is 0.378 e. The van der Waals surface area contributed by atoms with Crippen molar-refractivity contribution in [1.29, 1.82) is 0 Å². The number of aliphatic hydroxyl groups is 1. The van der Waals surface area contributed by atoms with Crippen LogP contribution in [0.25, 0.3) is 0 Å². The van der Waals surface area contributed by atoms with Crippen molar-refractivity contribution >= 4 is 0 Å². The Morgan fingerprint density at radius 2 is 2.17 bits per heavy atom.